The molecule has 3 aromatic rings. The molecule has 0 saturated carbocycles. The van der Waals surface area contributed by atoms with E-state index in [-0.39, 0.29) is 6.04 Å². The van der Waals surface area contributed by atoms with Gasteiger partial charge in [0.25, 0.3) is 0 Å². The molecule has 96 valence electrons. The second-order valence-corrected chi connectivity index (χ2v) is 4.57. The second kappa shape index (κ2) is 4.82. The lowest BCUT2D eigenvalue weighted by molar-refractivity contribution is 0.674. The first-order valence-corrected chi connectivity index (χ1v) is 6.44. The Hall–Kier alpha value is -2.20. The fourth-order valence-corrected chi connectivity index (χ4v) is 2.13. The van der Waals surface area contributed by atoms with E-state index in [0.717, 1.165) is 28.7 Å². The van der Waals surface area contributed by atoms with E-state index in [1.54, 1.807) is 0 Å². The number of hydrogen-bond donors (Lipinski definition) is 1. The fourth-order valence-electron chi connectivity index (χ4n) is 2.13. The lowest BCUT2D eigenvalue weighted by Crippen LogP contribution is -2.10. The molecule has 2 aromatic heterocycles. The number of hydrogen-bond acceptors (Lipinski definition) is 3. The highest BCUT2D eigenvalue weighted by atomic mass is 15.3. The van der Waals surface area contributed by atoms with E-state index >= 15 is 0 Å². The van der Waals surface area contributed by atoms with Crippen LogP contribution in [0, 0.1) is 0 Å². The Morgan fingerprint density at radius 2 is 2.00 bits per heavy atom. The number of nitrogens with zero attached hydrogens (tertiary/aromatic N) is 3. The normalized spacial score (nSPS) is 12.7. The van der Waals surface area contributed by atoms with Crippen LogP contribution in [-0.2, 0) is 0 Å². The molecule has 0 saturated heterocycles. The van der Waals surface area contributed by atoms with Crippen LogP contribution < -0.4 is 5.73 Å². The van der Waals surface area contributed by atoms with Crippen LogP contribution in [-0.4, -0.2) is 14.8 Å². The summed E-state index contributed by atoms with van der Waals surface area (Å²) in [5.41, 5.74) is 8.92. The van der Waals surface area contributed by atoms with E-state index in [1.807, 2.05) is 53.5 Å². The average molecular weight is 252 g/mol. The molecular weight excluding hydrogens is 236 g/mol. The van der Waals surface area contributed by atoms with Crippen LogP contribution >= 0.6 is 0 Å². The van der Waals surface area contributed by atoms with Gasteiger partial charge in [-0.1, -0.05) is 25.1 Å². The van der Waals surface area contributed by atoms with E-state index in [1.165, 1.54) is 0 Å². The summed E-state index contributed by atoms with van der Waals surface area (Å²) in [4.78, 5) is 4.43. The molecular formula is C15H16N4. The van der Waals surface area contributed by atoms with E-state index in [4.69, 9.17) is 5.73 Å². The predicted octanol–water partition coefficient (Wildman–Crippen LogP) is 2.83. The SMILES string of the molecule is CC[C@@H](N)c1ccc(-n2ncc3ccccc32)cn1. The van der Waals surface area contributed by atoms with Gasteiger partial charge >= 0.3 is 0 Å². The standard InChI is InChI=1S/C15H16N4/c1-2-13(16)14-8-7-12(10-17-14)19-15-6-4-3-5-11(15)9-18-19/h3-10,13H,2,16H2,1H3/t13-/m1/s1. The smallest absolute Gasteiger partial charge is 0.0836 e. The second-order valence-electron chi connectivity index (χ2n) is 4.57. The summed E-state index contributed by atoms with van der Waals surface area (Å²) in [6.07, 6.45) is 4.57. The van der Waals surface area contributed by atoms with Crippen LogP contribution in [0.5, 0.6) is 0 Å². The Kier molecular flexibility index (Phi) is 3.01. The van der Waals surface area contributed by atoms with Gasteiger partial charge in [-0.25, -0.2) is 4.68 Å². The van der Waals surface area contributed by atoms with Gasteiger partial charge in [0.15, 0.2) is 0 Å². The maximum atomic E-state index is 5.97. The Labute approximate surface area is 111 Å². The van der Waals surface area contributed by atoms with Crippen LogP contribution in [0.1, 0.15) is 25.1 Å². The van der Waals surface area contributed by atoms with Gasteiger partial charge < -0.3 is 5.73 Å². The molecule has 0 aliphatic rings. The molecule has 1 aromatic carbocycles. The summed E-state index contributed by atoms with van der Waals surface area (Å²) in [6.45, 7) is 2.06. The Bertz CT molecular complexity index is 685. The van der Waals surface area contributed by atoms with Crippen molar-refractivity contribution in [3.63, 3.8) is 0 Å². The first kappa shape index (κ1) is 11.9. The minimum atomic E-state index is 0.00316. The van der Waals surface area contributed by atoms with Gasteiger partial charge in [0, 0.05) is 11.4 Å². The zero-order valence-corrected chi connectivity index (χ0v) is 10.8. The molecule has 0 aliphatic carbocycles. The van der Waals surface area contributed by atoms with Crippen LogP contribution in [0.3, 0.4) is 0 Å². The van der Waals surface area contributed by atoms with Gasteiger partial charge in [-0.15, -0.1) is 0 Å². The van der Waals surface area contributed by atoms with Gasteiger partial charge in [0.2, 0.25) is 0 Å². The lowest BCUT2D eigenvalue weighted by atomic mass is 10.1. The first-order chi connectivity index (χ1) is 9.29. The molecule has 3 rings (SSSR count). The molecule has 0 spiro atoms. The Morgan fingerprint density at radius 3 is 2.74 bits per heavy atom. The maximum absolute atomic E-state index is 5.97. The molecule has 19 heavy (non-hydrogen) atoms. The number of para-hydroxylation sites is 1. The summed E-state index contributed by atoms with van der Waals surface area (Å²) >= 11 is 0. The zero-order valence-electron chi connectivity index (χ0n) is 10.8. The third-order valence-corrected chi connectivity index (χ3v) is 3.31. The minimum Gasteiger partial charge on any atom is -0.323 e. The molecule has 0 radical (unpaired) electrons. The Balaban J connectivity index is 2.02. The monoisotopic (exact) mass is 252 g/mol. The summed E-state index contributed by atoms with van der Waals surface area (Å²) in [5.74, 6) is 0. The first-order valence-electron chi connectivity index (χ1n) is 6.44. The van der Waals surface area contributed by atoms with Gasteiger partial charge in [-0.2, -0.15) is 5.10 Å². The van der Waals surface area contributed by atoms with Crippen LogP contribution in [0.15, 0.2) is 48.8 Å². The van der Waals surface area contributed by atoms with Crippen molar-refractivity contribution < 1.29 is 0 Å². The summed E-state index contributed by atoms with van der Waals surface area (Å²) in [7, 11) is 0. The fraction of sp³-hybridized carbons (Fsp3) is 0.200. The number of benzene rings is 1. The summed E-state index contributed by atoms with van der Waals surface area (Å²) < 4.78 is 1.89. The largest absolute Gasteiger partial charge is 0.323 e. The third kappa shape index (κ3) is 2.11. The molecule has 2 N–H and O–H groups in total. The number of aromatic nitrogens is 3. The van der Waals surface area contributed by atoms with E-state index in [9.17, 15) is 0 Å². The molecule has 1 atom stereocenters. The topological polar surface area (TPSA) is 56.7 Å². The molecule has 0 unspecified atom stereocenters. The molecule has 2 heterocycles. The number of pyridine rings is 1. The van der Waals surface area contributed by atoms with E-state index < -0.39 is 0 Å². The van der Waals surface area contributed by atoms with Crippen molar-refractivity contribution in [2.45, 2.75) is 19.4 Å². The zero-order chi connectivity index (χ0) is 13.2. The highest BCUT2D eigenvalue weighted by Crippen LogP contribution is 2.18. The molecule has 0 fully saturated rings. The van der Waals surface area contributed by atoms with Gasteiger partial charge in [-0.05, 0) is 24.6 Å². The van der Waals surface area contributed by atoms with Crippen molar-refractivity contribution in [2.24, 2.45) is 5.73 Å². The quantitative estimate of drug-likeness (QED) is 0.779. The van der Waals surface area contributed by atoms with Crippen molar-refractivity contribution in [3.05, 3.63) is 54.5 Å². The van der Waals surface area contributed by atoms with E-state index in [2.05, 4.69) is 17.0 Å². The predicted molar refractivity (Wildman–Crippen MR) is 76.1 cm³/mol. The number of rotatable bonds is 3. The van der Waals surface area contributed by atoms with Crippen LogP contribution in [0.4, 0.5) is 0 Å². The van der Waals surface area contributed by atoms with Crippen molar-refractivity contribution in [2.75, 3.05) is 0 Å². The number of nitrogens with two attached hydrogens (primary N) is 1. The minimum absolute atomic E-state index is 0.00316. The van der Waals surface area contributed by atoms with Gasteiger partial charge in [0.05, 0.1) is 29.3 Å². The Morgan fingerprint density at radius 1 is 1.16 bits per heavy atom. The average Bonchev–Trinajstić information content (AvgIpc) is 2.90. The molecule has 0 bridgehead atoms. The van der Waals surface area contributed by atoms with Crippen molar-refractivity contribution in [1.29, 1.82) is 0 Å². The van der Waals surface area contributed by atoms with E-state index in [0.29, 0.717) is 0 Å². The molecule has 4 heteroatoms. The van der Waals surface area contributed by atoms with Gasteiger partial charge in [0.1, 0.15) is 0 Å². The lowest BCUT2D eigenvalue weighted by Gasteiger charge is -2.09. The van der Waals surface area contributed by atoms with Crippen LogP contribution in [0.2, 0.25) is 0 Å². The van der Waals surface area contributed by atoms with Crippen molar-refractivity contribution in [1.82, 2.24) is 14.8 Å². The molecule has 4 nitrogen and oxygen atoms in total. The number of fused-ring (bicyclic) bond motifs is 1. The molecule has 0 amide bonds. The van der Waals surface area contributed by atoms with Gasteiger partial charge in [-0.3, -0.25) is 4.98 Å². The highest BCUT2D eigenvalue weighted by Gasteiger charge is 2.07. The maximum Gasteiger partial charge on any atom is 0.0836 e. The van der Waals surface area contributed by atoms with Crippen molar-refractivity contribution >= 4 is 10.9 Å². The summed E-state index contributed by atoms with van der Waals surface area (Å²) in [6, 6.07) is 12.1. The van der Waals surface area contributed by atoms with Crippen molar-refractivity contribution in [3.8, 4) is 5.69 Å². The van der Waals surface area contributed by atoms with Crippen LogP contribution in [0.25, 0.3) is 16.6 Å². The summed E-state index contributed by atoms with van der Waals surface area (Å²) in [5, 5.41) is 5.53. The third-order valence-electron chi connectivity index (χ3n) is 3.31. The molecule has 0 aliphatic heterocycles. The highest BCUT2D eigenvalue weighted by molar-refractivity contribution is 5.79.